The molecule has 0 atom stereocenters. The van der Waals surface area contributed by atoms with Crippen LogP contribution < -0.4 is 0 Å². The van der Waals surface area contributed by atoms with Gasteiger partial charge in [0.25, 0.3) is 10.1 Å². The second-order valence-corrected chi connectivity index (χ2v) is 5.65. The van der Waals surface area contributed by atoms with Gasteiger partial charge in [0.2, 0.25) is 0 Å². The molecule has 0 unspecified atom stereocenters. The van der Waals surface area contributed by atoms with Crippen LogP contribution in [0, 0.1) is 11.8 Å². The van der Waals surface area contributed by atoms with E-state index in [1.54, 1.807) is 12.1 Å². The third kappa shape index (κ3) is 6.81. The van der Waals surface area contributed by atoms with E-state index in [9.17, 15) is 8.42 Å². The lowest BCUT2D eigenvalue weighted by Crippen LogP contribution is -1.97. The Morgan fingerprint density at radius 1 is 0.773 bits per heavy atom. The monoisotopic (exact) mass is 338 g/mol. The highest BCUT2D eigenvalue weighted by molar-refractivity contribution is 7.85. The van der Waals surface area contributed by atoms with Gasteiger partial charge in [0.1, 0.15) is 0 Å². The highest BCUT2D eigenvalue weighted by Gasteiger charge is 2.07. The van der Waals surface area contributed by atoms with Gasteiger partial charge in [0.05, 0.1) is 4.90 Å². The Morgan fingerprint density at radius 2 is 1.18 bits per heavy atom. The maximum atomic E-state index is 10.8. The molecule has 0 aliphatic rings. The van der Waals surface area contributed by atoms with E-state index in [0.29, 0.717) is 5.56 Å². The van der Waals surface area contributed by atoms with Gasteiger partial charge in [-0.3, -0.25) is 4.55 Å². The zero-order valence-corrected chi connectivity index (χ0v) is 12.6. The zero-order valence-electron chi connectivity index (χ0n) is 11.0. The van der Waals surface area contributed by atoms with Crippen molar-refractivity contribution >= 4 is 20.7 Å². The fraction of sp³-hybridized carbons (Fsp3) is 0. The molecule has 114 valence electrons. The number of hydrogen-bond acceptors (Lipinski definition) is 5. The van der Waals surface area contributed by atoms with Crippen LogP contribution in [0.1, 0.15) is 11.1 Å². The van der Waals surface area contributed by atoms with Crippen LogP contribution >= 0.6 is 0 Å². The first-order chi connectivity index (χ1) is 10.3. The molecule has 0 saturated carbocycles. The zero-order chi connectivity index (χ0) is 16.6. The molecule has 0 saturated heterocycles. The van der Waals surface area contributed by atoms with Crippen LogP contribution in [0.2, 0.25) is 0 Å². The third-order valence-electron chi connectivity index (χ3n) is 2.28. The van der Waals surface area contributed by atoms with Crippen molar-refractivity contribution in [1.82, 2.24) is 0 Å². The van der Waals surface area contributed by atoms with E-state index >= 15 is 0 Å². The maximum Gasteiger partial charge on any atom is 0.425 e. The van der Waals surface area contributed by atoms with E-state index in [4.69, 9.17) is 17.2 Å². The van der Waals surface area contributed by atoms with Gasteiger partial charge in [0, 0.05) is 11.1 Å². The van der Waals surface area contributed by atoms with Crippen molar-refractivity contribution < 1.29 is 25.6 Å². The van der Waals surface area contributed by atoms with Crippen molar-refractivity contribution in [2.45, 2.75) is 4.90 Å². The molecule has 0 aromatic heterocycles. The summed E-state index contributed by atoms with van der Waals surface area (Å²) >= 11 is 0. The van der Waals surface area contributed by atoms with Crippen LogP contribution in [0.4, 0.5) is 0 Å². The van der Waals surface area contributed by atoms with E-state index in [1.165, 1.54) is 12.1 Å². The third-order valence-corrected chi connectivity index (χ3v) is 3.15. The molecule has 22 heavy (non-hydrogen) atoms. The summed E-state index contributed by atoms with van der Waals surface area (Å²) in [5.41, 5.74) is 1.57. The van der Waals surface area contributed by atoms with E-state index < -0.39 is 20.7 Å². The molecule has 8 heteroatoms. The van der Waals surface area contributed by atoms with Gasteiger partial charge in [-0.1, -0.05) is 30.0 Å². The van der Waals surface area contributed by atoms with Crippen molar-refractivity contribution in [3.05, 3.63) is 65.7 Å². The molecule has 0 amide bonds. The molecule has 0 fully saturated rings. The molecule has 2 aromatic rings. The van der Waals surface area contributed by atoms with Crippen LogP contribution in [0.3, 0.4) is 0 Å². The highest BCUT2D eigenvalue weighted by atomic mass is 32.2. The second-order valence-electron chi connectivity index (χ2n) is 3.82. The van der Waals surface area contributed by atoms with Crippen molar-refractivity contribution in [3.8, 4) is 11.8 Å². The summed E-state index contributed by atoms with van der Waals surface area (Å²) in [6.45, 7) is 0. The predicted molar refractivity (Wildman–Crippen MR) is 78.4 cm³/mol. The quantitative estimate of drug-likeness (QED) is 0.621. The Hall–Kier alpha value is -2.47. The minimum absolute atomic E-state index is 0.132. The Balaban J connectivity index is 0.000000541. The van der Waals surface area contributed by atoms with Crippen molar-refractivity contribution in [3.63, 3.8) is 0 Å². The summed E-state index contributed by atoms with van der Waals surface area (Å²) in [6, 6.07) is 15.2. The fourth-order valence-electron chi connectivity index (χ4n) is 1.38. The van der Waals surface area contributed by atoms with Crippen LogP contribution in [0.15, 0.2) is 59.5 Å². The molecule has 0 spiro atoms. The molecule has 0 bridgehead atoms. The van der Waals surface area contributed by atoms with Crippen LogP contribution in [-0.4, -0.2) is 25.6 Å². The molecule has 0 heterocycles. The first-order valence-electron chi connectivity index (χ1n) is 5.70. The van der Waals surface area contributed by atoms with E-state index in [-0.39, 0.29) is 4.90 Å². The van der Waals surface area contributed by atoms with E-state index in [0.717, 1.165) is 5.56 Å². The molecule has 0 radical (unpaired) electrons. The number of benzene rings is 2. The molecule has 2 aromatic carbocycles. The first kappa shape index (κ1) is 17.6. The summed E-state index contributed by atoms with van der Waals surface area (Å²) in [5.74, 6) is 5.87. The smallest absolute Gasteiger partial charge is 0.282 e. The van der Waals surface area contributed by atoms with Gasteiger partial charge in [-0.2, -0.15) is 8.42 Å². The van der Waals surface area contributed by atoms with Crippen LogP contribution in [0.25, 0.3) is 0 Å². The van der Waals surface area contributed by atoms with Gasteiger partial charge >= 0.3 is 10.6 Å². The van der Waals surface area contributed by atoms with Crippen LogP contribution in [-0.2, 0) is 20.7 Å². The number of rotatable bonds is 1. The molecule has 0 aliphatic carbocycles. The SMILES string of the molecule is O=S(=O)(O)c1ccc(C#Cc2ccccc2)cc1.O=S(=O)=O. The molecule has 1 N–H and O–H groups in total. The van der Waals surface area contributed by atoms with E-state index in [1.807, 2.05) is 30.3 Å². The maximum absolute atomic E-state index is 10.8. The minimum atomic E-state index is -4.13. The Bertz CT molecular complexity index is 881. The van der Waals surface area contributed by atoms with Gasteiger partial charge < -0.3 is 0 Å². The predicted octanol–water partition coefficient (Wildman–Crippen LogP) is 1.33. The van der Waals surface area contributed by atoms with Gasteiger partial charge in [0.15, 0.2) is 0 Å². The van der Waals surface area contributed by atoms with Gasteiger partial charge in [-0.25, -0.2) is 0 Å². The molecular formula is C14H10O6S2. The first-order valence-corrected chi connectivity index (χ1v) is 8.14. The fourth-order valence-corrected chi connectivity index (χ4v) is 1.86. The highest BCUT2D eigenvalue weighted by Crippen LogP contribution is 2.09. The lowest BCUT2D eigenvalue weighted by Gasteiger charge is -1.96. The normalized spacial score (nSPS) is 9.68. The summed E-state index contributed by atoms with van der Waals surface area (Å²) in [5, 5.41) is 0. The average molecular weight is 338 g/mol. The van der Waals surface area contributed by atoms with Gasteiger partial charge in [-0.15, -0.1) is 12.6 Å². The van der Waals surface area contributed by atoms with Crippen molar-refractivity contribution in [2.24, 2.45) is 0 Å². The summed E-state index contributed by atoms with van der Waals surface area (Å²) in [4.78, 5) is -0.132. The molecular weight excluding hydrogens is 328 g/mol. The number of hydrogen-bond donors (Lipinski definition) is 1. The Labute approximate surface area is 129 Å². The second kappa shape index (κ2) is 8.09. The molecule has 0 aliphatic heterocycles. The largest absolute Gasteiger partial charge is 0.425 e. The van der Waals surface area contributed by atoms with Crippen molar-refractivity contribution in [2.75, 3.05) is 0 Å². The molecule has 6 nitrogen and oxygen atoms in total. The standard InChI is InChI=1S/C14H10O3S.O3S/c15-18(16,17)14-10-8-13(9-11-14)7-6-12-4-2-1-3-5-12;1-4(2)3/h1-5,8-11H,(H,15,16,17);. The summed E-state index contributed by atoms with van der Waals surface area (Å²) < 4.78 is 55.8. The van der Waals surface area contributed by atoms with Gasteiger partial charge in [-0.05, 0) is 36.4 Å². The van der Waals surface area contributed by atoms with Crippen molar-refractivity contribution in [1.29, 1.82) is 0 Å². The topological polar surface area (TPSA) is 106 Å². The van der Waals surface area contributed by atoms with Crippen LogP contribution in [0.5, 0.6) is 0 Å². The lowest BCUT2D eigenvalue weighted by molar-refractivity contribution is 0.483. The average Bonchev–Trinajstić information content (AvgIpc) is 2.45. The Kier molecular flexibility index (Phi) is 6.47. The minimum Gasteiger partial charge on any atom is -0.282 e. The molecule has 2 rings (SSSR count). The Morgan fingerprint density at radius 3 is 1.59 bits per heavy atom. The van der Waals surface area contributed by atoms with E-state index in [2.05, 4.69) is 11.8 Å². The summed E-state index contributed by atoms with van der Waals surface area (Å²) in [6.07, 6.45) is 0. The lowest BCUT2D eigenvalue weighted by atomic mass is 10.2. The summed E-state index contributed by atoms with van der Waals surface area (Å²) in [7, 11) is -7.25.